The van der Waals surface area contributed by atoms with E-state index in [0.717, 1.165) is 36.3 Å². The van der Waals surface area contributed by atoms with Gasteiger partial charge in [0.15, 0.2) is 5.96 Å². The second-order valence-corrected chi connectivity index (χ2v) is 7.14. The van der Waals surface area contributed by atoms with Gasteiger partial charge in [-0.25, -0.2) is 9.98 Å². The fraction of sp³-hybridized carbons (Fsp3) is 0.474. The first-order valence-electron chi connectivity index (χ1n) is 8.82. The molecule has 5 nitrogen and oxygen atoms in total. The van der Waals surface area contributed by atoms with Crippen LogP contribution in [0.25, 0.3) is 0 Å². The van der Waals surface area contributed by atoms with Crippen molar-refractivity contribution in [3.63, 3.8) is 0 Å². The van der Waals surface area contributed by atoms with Crippen LogP contribution in [0.4, 0.5) is 5.69 Å². The number of likely N-dealkylation sites (N-methyl/N-ethyl adjacent to an activating group) is 1. The van der Waals surface area contributed by atoms with Crippen LogP contribution in [0.1, 0.15) is 37.4 Å². The summed E-state index contributed by atoms with van der Waals surface area (Å²) in [7, 11) is 2.10. The Balaban J connectivity index is 0.00000338. The van der Waals surface area contributed by atoms with Crippen molar-refractivity contribution < 1.29 is 0 Å². The van der Waals surface area contributed by atoms with Gasteiger partial charge in [0.25, 0.3) is 0 Å². The zero-order valence-electron chi connectivity index (χ0n) is 16.0. The largest absolute Gasteiger partial charge is 0.373 e. The maximum absolute atomic E-state index is 4.65. The summed E-state index contributed by atoms with van der Waals surface area (Å²) in [6.45, 7) is 9.59. The van der Waals surface area contributed by atoms with Crippen molar-refractivity contribution in [2.45, 2.75) is 33.2 Å². The van der Waals surface area contributed by atoms with Crippen LogP contribution in [-0.2, 0) is 6.54 Å². The van der Waals surface area contributed by atoms with E-state index in [-0.39, 0.29) is 24.0 Å². The molecule has 144 valence electrons. The summed E-state index contributed by atoms with van der Waals surface area (Å²) in [4.78, 5) is 11.5. The molecule has 0 radical (unpaired) electrons. The molecule has 0 amide bonds. The van der Waals surface area contributed by atoms with E-state index in [2.05, 4.69) is 83.0 Å². The molecule has 0 aliphatic rings. The molecule has 1 aromatic carbocycles. The molecule has 2 N–H and O–H groups in total. The highest BCUT2D eigenvalue weighted by molar-refractivity contribution is 14.0. The Kier molecular flexibility index (Phi) is 10.6. The van der Waals surface area contributed by atoms with E-state index in [1.54, 1.807) is 11.3 Å². The topological polar surface area (TPSA) is 52.6 Å². The summed E-state index contributed by atoms with van der Waals surface area (Å²) in [6.07, 6.45) is 0. The number of anilines is 1. The van der Waals surface area contributed by atoms with Crippen LogP contribution in [0.5, 0.6) is 0 Å². The molecular weight excluding hydrogens is 457 g/mol. The van der Waals surface area contributed by atoms with Crippen molar-refractivity contribution in [3.8, 4) is 0 Å². The van der Waals surface area contributed by atoms with Crippen LogP contribution in [-0.4, -0.2) is 37.6 Å². The first-order valence-corrected chi connectivity index (χ1v) is 9.70. The van der Waals surface area contributed by atoms with Crippen molar-refractivity contribution in [1.29, 1.82) is 0 Å². The molecule has 0 saturated heterocycles. The average molecular weight is 487 g/mol. The van der Waals surface area contributed by atoms with Gasteiger partial charge in [-0.15, -0.1) is 35.3 Å². The molecule has 2 rings (SSSR count). The zero-order chi connectivity index (χ0) is 18.1. The number of hydrogen-bond donors (Lipinski definition) is 2. The summed E-state index contributed by atoms with van der Waals surface area (Å²) in [5.74, 6) is 1.30. The minimum absolute atomic E-state index is 0. The van der Waals surface area contributed by atoms with Crippen molar-refractivity contribution >= 4 is 47.0 Å². The zero-order valence-corrected chi connectivity index (χ0v) is 19.2. The number of nitrogens with one attached hydrogen (secondary N) is 2. The van der Waals surface area contributed by atoms with E-state index < -0.39 is 0 Å². The van der Waals surface area contributed by atoms with E-state index >= 15 is 0 Å². The fourth-order valence-corrected chi connectivity index (χ4v) is 3.18. The van der Waals surface area contributed by atoms with E-state index in [4.69, 9.17) is 0 Å². The van der Waals surface area contributed by atoms with Crippen LogP contribution in [0.15, 0.2) is 40.7 Å². The first kappa shape index (κ1) is 22.7. The van der Waals surface area contributed by atoms with Gasteiger partial charge in [0.1, 0.15) is 5.01 Å². The average Bonchev–Trinajstić information content (AvgIpc) is 3.09. The molecular formula is C19H30IN5S. The molecule has 0 spiro atoms. The lowest BCUT2D eigenvalue weighted by atomic mass is 10.2. The number of aliphatic imine (C=N–C) groups is 1. The maximum atomic E-state index is 4.65. The van der Waals surface area contributed by atoms with Gasteiger partial charge >= 0.3 is 0 Å². The van der Waals surface area contributed by atoms with E-state index in [1.807, 2.05) is 6.07 Å². The Hall–Kier alpha value is -1.35. The SMILES string of the molecule is CCNC(=NCc1nc(C(C)C)cs1)NCCN(C)c1ccccc1.I. The Labute approximate surface area is 178 Å². The number of halogens is 1. The van der Waals surface area contributed by atoms with Gasteiger partial charge in [0.05, 0.1) is 12.2 Å². The van der Waals surface area contributed by atoms with Crippen LogP contribution >= 0.6 is 35.3 Å². The van der Waals surface area contributed by atoms with Gasteiger partial charge in [0.2, 0.25) is 0 Å². The third kappa shape index (κ3) is 7.49. The number of thiazole rings is 1. The lowest BCUT2D eigenvalue weighted by Gasteiger charge is -2.20. The van der Waals surface area contributed by atoms with Gasteiger partial charge in [-0.2, -0.15) is 0 Å². The summed E-state index contributed by atoms with van der Waals surface area (Å²) >= 11 is 1.68. The van der Waals surface area contributed by atoms with Crippen molar-refractivity contribution in [2.75, 3.05) is 31.6 Å². The lowest BCUT2D eigenvalue weighted by Crippen LogP contribution is -2.41. The van der Waals surface area contributed by atoms with Crippen molar-refractivity contribution in [1.82, 2.24) is 15.6 Å². The monoisotopic (exact) mass is 487 g/mol. The lowest BCUT2D eigenvalue weighted by molar-refractivity contribution is 0.778. The third-order valence-corrected chi connectivity index (χ3v) is 4.67. The molecule has 0 aliphatic carbocycles. The molecule has 26 heavy (non-hydrogen) atoms. The van der Waals surface area contributed by atoms with E-state index in [9.17, 15) is 0 Å². The number of benzene rings is 1. The fourth-order valence-electron chi connectivity index (χ4n) is 2.30. The third-order valence-electron chi connectivity index (χ3n) is 3.81. The first-order chi connectivity index (χ1) is 12.1. The molecule has 0 saturated carbocycles. The van der Waals surface area contributed by atoms with E-state index in [0.29, 0.717) is 12.5 Å². The standard InChI is InChI=1S/C19H29N5S.HI/c1-5-20-19(22-13-18-23-17(14-25-18)15(2)3)21-11-12-24(4)16-9-7-6-8-10-16;/h6-10,14-15H,5,11-13H2,1-4H3,(H2,20,21,22);1H. The number of nitrogens with zero attached hydrogens (tertiary/aromatic N) is 3. The molecule has 0 unspecified atom stereocenters. The summed E-state index contributed by atoms with van der Waals surface area (Å²) in [5, 5.41) is 9.88. The predicted molar refractivity (Wildman–Crippen MR) is 124 cm³/mol. The van der Waals surface area contributed by atoms with Gasteiger partial charge in [0, 0.05) is 37.7 Å². The Morgan fingerprint density at radius 2 is 1.96 bits per heavy atom. The second-order valence-electron chi connectivity index (χ2n) is 6.20. The quantitative estimate of drug-likeness (QED) is 0.335. The normalized spacial score (nSPS) is 11.2. The highest BCUT2D eigenvalue weighted by atomic mass is 127. The Morgan fingerprint density at radius 3 is 2.58 bits per heavy atom. The minimum atomic E-state index is 0. The summed E-state index contributed by atoms with van der Waals surface area (Å²) in [5.41, 5.74) is 2.37. The summed E-state index contributed by atoms with van der Waals surface area (Å²) in [6, 6.07) is 10.4. The molecule has 1 aromatic heterocycles. The van der Waals surface area contributed by atoms with Crippen molar-refractivity contribution in [2.24, 2.45) is 4.99 Å². The van der Waals surface area contributed by atoms with E-state index in [1.165, 1.54) is 5.69 Å². The highest BCUT2D eigenvalue weighted by Crippen LogP contribution is 2.18. The highest BCUT2D eigenvalue weighted by Gasteiger charge is 2.06. The number of guanidine groups is 1. The molecule has 0 bridgehead atoms. The smallest absolute Gasteiger partial charge is 0.191 e. The van der Waals surface area contributed by atoms with Crippen LogP contribution in [0.2, 0.25) is 0 Å². The maximum Gasteiger partial charge on any atom is 0.191 e. The molecule has 1 heterocycles. The number of hydrogen-bond acceptors (Lipinski definition) is 4. The van der Waals surface area contributed by atoms with Gasteiger partial charge in [-0.3, -0.25) is 0 Å². The molecule has 7 heteroatoms. The molecule has 2 aromatic rings. The predicted octanol–water partition coefficient (Wildman–Crippen LogP) is 4.08. The Morgan fingerprint density at radius 1 is 1.23 bits per heavy atom. The number of rotatable bonds is 8. The molecule has 0 atom stereocenters. The summed E-state index contributed by atoms with van der Waals surface area (Å²) < 4.78 is 0. The molecule has 0 aliphatic heterocycles. The Bertz CT molecular complexity index is 657. The number of para-hydroxylation sites is 1. The van der Waals surface area contributed by atoms with Crippen molar-refractivity contribution in [3.05, 3.63) is 46.4 Å². The van der Waals surface area contributed by atoms with Gasteiger partial charge in [-0.1, -0.05) is 32.0 Å². The van der Waals surface area contributed by atoms with Crippen LogP contribution in [0.3, 0.4) is 0 Å². The van der Waals surface area contributed by atoms with Crippen LogP contribution in [0, 0.1) is 0 Å². The second kappa shape index (κ2) is 12.1. The molecule has 0 fully saturated rings. The number of aromatic nitrogens is 1. The van der Waals surface area contributed by atoms with Gasteiger partial charge < -0.3 is 15.5 Å². The van der Waals surface area contributed by atoms with Gasteiger partial charge in [-0.05, 0) is 25.0 Å². The van der Waals surface area contributed by atoms with Crippen LogP contribution < -0.4 is 15.5 Å². The minimum Gasteiger partial charge on any atom is -0.373 e.